The van der Waals surface area contributed by atoms with Gasteiger partial charge in [-0.25, -0.2) is 0 Å². The van der Waals surface area contributed by atoms with Gasteiger partial charge in [-0.15, -0.1) is 0 Å². The maximum atomic E-state index is 13.4. The number of aryl methyl sites for hydroxylation is 1. The molecule has 0 spiro atoms. The summed E-state index contributed by atoms with van der Waals surface area (Å²) < 4.78 is 46.3. The zero-order valence-corrected chi connectivity index (χ0v) is 14.3. The zero-order chi connectivity index (χ0) is 18.5. The molecule has 4 rings (SSSR count). The van der Waals surface area contributed by atoms with Crippen molar-refractivity contribution in [3.63, 3.8) is 0 Å². The largest absolute Gasteiger partial charge is 0.454 e. The third kappa shape index (κ3) is 2.51. The Morgan fingerprint density at radius 1 is 0.769 bits per heavy atom. The molecule has 0 atom stereocenters. The summed E-state index contributed by atoms with van der Waals surface area (Å²) in [5.41, 5.74) is 2.33. The molecule has 132 valence electrons. The topological polar surface area (TPSA) is 16.4 Å². The standard InChI is InChI=1S/C21H16F3NO/c1-13-7-5-8-14-15-9-6-12-18(20(15)26-19(13)14)25(2)17-11-4-3-10-16(17)21(22,23)24/h3-12H,1-2H3. The normalized spacial score (nSPS) is 12.0. The highest BCUT2D eigenvalue weighted by Gasteiger charge is 2.34. The Labute approximate surface area is 148 Å². The van der Waals surface area contributed by atoms with Crippen LogP contribution < -0.4 is 4.90 Å². The number of rotatable bonds is 2. The van der Waals surface area contributed by atoms with Crippen molar-refractivity contribution in [1.29, 1.82) is 0 Å². The number of benzene rings is 3. The van der Waals surface area contributed by atoms with Gasteiger partial charge in [-0.1, -0.05) is 42.5 Å². The molecule has 0 unspecified atom stereocenters. The van der Waals surface area contributed by atoms with Gasteiger partial charge in [-0.2, -0.15) is 13.2 Å². The third-order valence-corrected chi connectivity index (χ3v) is 4.63. The van der Waals surface area contributed by atoms with Crippen molar-refractivity contribution in [3.8, 4) is 0 Å². The van der Waals surface area contributed by atoms with E-state index in [0.29, 0.717) is 11.3 Å². The van der Waals surface area contributed by atoms with Crippen LogP contribution in [-0.4, -0.2) is 7.05 Å². The molecule has 2 nitrogen and oxygen atoms in total. The number of halogens is 3. The van der Waals surface area contributed by atoms with Gasteiger partial charge in [0, 0.05) is 17.8 Å². The van der Waals surface area contributed by atoms with E-state index in [1.807, 2.05) is 37.3 Å². The van der Waals surface area contributed by atoms with Gasteiger partial charge in [0.25, 0.3) is 0 Å². The van der Waals surface area contributed by atoms with E-state index < -0.39 is 11.7 Å². The fourth-order valence-electron chi connectivity index (χ4n) is 3.35. The lowest BCUT2D eigenvalue weighted by molar-refractivity contribution is -0.137. The Bertz CT molecular complexity index is 1110. The second kappa shape index (κ2) is 5.80. The molecule has 0 aliphatic rings. The number of fused-ring (bicyclic) bond motifs is 3. The van der Waals surface area contributed by atoms with Crippen molar-refractivity contribution in [1.82, 2.24) is 0 Å². The van der Waals surface area contributed by atoms with Crippen LogP contribution in [0.25, 0.3) is 21.9 Å². The highest BCUT2D eigenvalue weighted by Crippen LogP contribution is 2.42. The first kappa shape index (κ1) is 16.5. The maximum absolute atomic E-state index is 13.4. The first-order valence-corrected chi connectivity index (χ1v) is 8.19. The van der Waals surface area contributed by atoms with E-state index in [-0.39, 0.29) is 5.69 Å². The summed E-state index contributed by atoms with van der Waals surface area (Å²) in [5, 5.41) is 1.84. The number of alkyl halides is 3. The summed E-state index contributed by atoms with van der Waals surface area (Å²) in [4.78, 5) is 1.53. The molecule has 5 heteroatoms. The zero-order valence-electron chi connectivity index (χ0n) is 14.3. The highest BCUT2D eigenvalue weighted by atomic mass is 19.4. The van der Waals surface area contributed by atoms with Crippen LogP contribution in [-0.2, 0) is 6.18 Å². The van der Waals surface area contributed by atoms with Gasteiger partial charge >= 0.3 is 6.18 Å². The summed E-state index contributed by atoms with van der Waals surface area (Å²) in [6, 6.07) is 16.9. The van der Waals surface area contributed by atoms with Crippen molar-refractivity contribution in [3.05, 3.63) is 71.8 Å². The average molecular weight is 355 g/mol. The van der Waals surface area contributed by atoms with E-state index in [4.69, 9.17) is 4.42 Å². The Morgan fingerprint density at radius 3 is 2.12 bits per heavy atom. The molecular weight excluding hydrogens is 339 g/mol. The summed E-state index contributed by atoms with van der Waals surface area (Å²) in [6.45, 7) is 1.95. The minimum absolute atomic E-state index is 0.0877. The number of hydrogen-bond acceptors (Lipinski definition) is 2. The maximum Gasteiger partial charge on any atom is 0.418 e. The predicted molar refractivity (Wildman–Crippen MR) is 98.0 cm³/mol. The molecule has 0 saturated carbocycles. The fourth-order valence-corrected chi connectivity index (χ4v) is 3.35. The van der Waals surface area contributed by atoms with Gasteiger partial charge in [0.1, 0.15) is 5.58 Å². The molecule has 3 aromatic carbocycles. The van der Waals surface area contributed by atoms with Crippen LogP contribution >= 0.6 is 0 Å². The summed E-state index contributed by atoms with van der Waals surface area (Å²) in [6.07, 6.45) is -4.43. The van der Waals surface area contributed by atoms with E-state index in [1.54, 1.807) is 19.2 Å². The van der Waals surface area contributed by atoms with Crippen LogP contribution in [0.15, 0.2) is 65.1 Å². The van der Waals surface area contributed by atoms with E-state index in [0.717, 1.165) is 28.0 Å². The van der Waals surface area contributed by atoms with Crippen molar-refractivity contribution < 1.29 is 17.6 Å². The van der Waals surface area contributed by atoms with Crippen LogP contribution in [0.1, 0.15) is 11.1 Å². The number of hydrogen-bond donors (Lipinski definition) is 0. The van der Waals surface area contributed by atoms with E-state index >= 15 is 0 Å². The molecule has 0 aliphatic carbocycles. The minimum atomic E-state index is -4.43. The van der Waals surface area contributed by atoms with E-state index in [1.165, 1.54) is 17.0 Å². The molecule has 0 radical (unpaired) electrons. The fraction of sp³-hybridized carbons (Fsp3) is 0.143. The Morgan fingerprint density at radius 2 is 1.38 bits per heavy atom. The van der Waals surface area contributed by atoms with Crippen LogP contribution in [0.2, 0.25) is 0 Å². The third-order valence-electron chi connectivity index (χ3n) is 4.63. The molecule has 26 heavy (non-hydrogen) atoms. The summed E-state index contributed by atoms with van der Waals surface area (Å²) in [5.74, 6) is 0. The predicted octanol–water partition coefficient (Wildman–Crippen LogP) is 6.68. The van der Waals surface area contributed by atoms with Gasteiger partial charge in [0.15, 0.2) is 5.58 Å². The average Bonchev–Trinajstić information content (AvgIpc) is 3.01. The van der Waals surface area contributed by atoms with Gasteiger partial charge < -0.3 is 9.32 Å². The second-order valence-electron chi connectivity index (χ2n) is 6.28. The molecule has 4 aromatic rings. The summed E-state index contributed by atoms with van der Waals surface area (Å²) >= 11 is 0. The Hall–Kier alpha value is -2.95. The van der Waals surface area contributed by atoms with Gasteiger partial charge in [-0.3, -0.25) is 0 Å². The molecule has 0 fully saturated rings. The molecular formula is C21H16F3NO. The SMILES string of the molecule is Cc1cccc2c1oc1c(N(C)c3ccccc3C(F)(F)F)cccc12. The number of nitrogens with zero attached hydrogens (tertiary/aromatic N) is 1. The molecule has 0 amide bonds. The molecule has 1 aromatic heterocycles. The van der Waals surface area contributed by atoms with Crippen LogP contribution in [0.5, 0.6) is 0 Å². The molecule has 0 bridgehead atoms. The van der Waals surface area contributed by atoms with Crippen molar-refractivity contribution >= 4 is 33.3 Å². The van der Waals surface area contributed by atoms with Crippen molar-refractivity contribution in [2.75, 3.05) is 11.9 Å². The lowest BCUT2D eigenvalue weighted by atomic mass is 10.1. The van der Waals surface area contributed by atoms with Crippen LogP contribution in [0.3, 0.4) is 0 Å². The van der Waals surface area contributed by atoms with Crippen molar-refractivity contribution in [2.24, 2.45) is 0 Å². The Balaban J connectivity index is 1.96. The van der Waals surface area contributed by atoms with E-state index in [9.17, 15) is 13.2 Å². The first-order valence-electron chi connectivity index (χ1n) is 8.19. The smallest absolute Gasteiger partial charge is 0.418 e. The Kier molecular flexibility index (Phi) is 3.68. The minimum Gasteiger partial charge on any atom is -0.454 e. The monoisotopic (exact) mass is 355 g/mol. The van der Waals surface area contributed by atoms with Gasteiger partial charge in [0.05, 0.1) is 16.9 Å². The van der Waals surface area contributed by atoms with Gasteiger partial charge in [-0.05, 0) is 30.7 Å². The lowest BCUT2D eigenvalue weighted by Gasteiger charge is -2.23. The first-order chi connectivity index (χ1) is 12.4. The molecule has 0 aliphatic heterocycles. The van der Waals surface area contributed by atoms with Crippen LogP contribution in [0, 0.1) is 6.92 Å². The van der Waals surface area contributed by atoms with Crippen LogP contribution in [0.4, 0.5) is 24.5 Å². The molecule has 1 heterocycles. The second-order valence-corrected chi connectivity index (χ2v) is 6.28. The molecule has 0 N–H and O–H groups in total. The number of para-hydroxylation sites is 3. The van der Waals surface area contributed by atoms with Crippen molar-refractivity contribution in [2.45, 2.75) is 13.1 Å². The number of anilines is 2. The summed E-state index contributed by atoms with van der Waals surface area (Å²) in [7, 11) is 1.62. The van der Waals surface area contributed by atoms with E-state index in [2.05, 4.69) is 0 Å². The molecule has 0 saturated heterocycles. The number of furan rings is 1. The van der Waals surface area contributed by atoms with Gasteiger partial charge in [0.2, 0.25) is 0 Å². The lowest BCUT2D eigenvalue weighted by Crippen LogP contribution is -2.16. The highest BCUT2D eigenvalue weighted by molar-refractivity contribution is 6.10. The quantitative estimate of drug-likeness (QED) is 0.399.